The molecule has 0 saturated heterocycles. The van der Waals surface area contributed by atoms with Crippen molar-refractivity contribution in [2.45, 2.75) is 20.4 Å². The maximum absolute atomic E-state index is 12.5. The Kier molecular flexibility index (Phi) is 4.46. The summed E-state index contributed by atoms with van der Waals surface area (Å²) < 4.78 is 3.88. The zero-order valence-corrected chi connectivity index (χ0v) is 13.6. The third kappa shape index (κ3) is 3.33. The van der Waals surface area contributed by atoms with Crippen molar-refractivity contribution >= 4 is 23.4 Å². The summed E-state index contributed by atoms with van der Waals surface area (Å²) in [5.74, 6) is 0.486. The predicted molar refractivity (Wildman–Crippen MR) is 81.5 cm³/mol. The van der Waals surface area contributed by atoms with E-state index < -0.39 is 0 Å². The highest BCUT2D eigenvalue weighted by atomic mass is 32.1. The molecule has 0 fully saturated rings. The molecule has 112 valence electrons. The van der Waals surface area contributed by atoms with E-state index >= 15 is 0 Å². The van der Waals surface area contributed by atoms with Gasteiger partial charge in [-0.3, -0.25) is 4.79 Å². The van der Waals surface area contributed by atoms with E-state index in [1.54, 1.807) is 23.0 Å². The Morgan fingerprint density at radius 1 is 1.24 bits per heavy atom. The van der Waals surface area contributed by atoms with Crippen molar-refractivity contribution in [1.82, 2.24) is 24.5 Å². The molecule has 0 atom stereocenters. The van der Waals surface area contributed by atoms with E-state index in [0.29, 0.717) is 23.8 Å². The largest absolute Gasteiger partial charge is 0.347 e. The van der Waals surface area contributed by atoms with E-state index in [1.165, 1.54) is 11.5 Å². The van der Waals surface area contributed by atoms with Crippen LogP contribution in [0, 0.1) is 13.8 Å². The fourth-order valence-electron chi connectivity index (χ4n) is 1.77. The monoisotopic (exact) mass is 306 g/mol. The minimum absolute atomic E-state index is 0.106. The van der Waals surface area contributed by atoms with Crippen LogP contribution in [0.5, 0.6) is 0 Å². The molecule has 2 heterocycles. The summed E-state index contributed by atoms with van der Waals surface area (Å²) in [6.07, 6.45) is 1.58. The molecule has 0 aliphatic heterocycles. The number of nitrogens with zero attached hydrogens (tertiary/aromatic N) is 6. The van der Waals surface area contributed by atoms with Crippen molar-refractivity contribution in [3.63, 3.8) is 0 Å². The summed E-state index contributed by atoms with van der Waals surface area (Å²) in [5, 5.41) is 3.95. The summed E-state index contributed by atoms with van der Waals surface area (Å²) in [6, 6.07) is 0. The smallest absolute Gasteiger partial charge is 0.257 e. The van der Waals surface area contributed by atoms with Crippen LogP contribution in [0.15, 0.2) is 6.20 Å². The zero-order chi connectivity index (χ0) is 15.6. The first-order valence-electron chi connectivity index (χ1n) is 6.44. The fourth-order valence-corrected chi connectivity index (χ4v) is 2.46. The molecule has 8 heteroatoms. The molecule has 7 nitrogen and oxygen atoms in total. The second kappa shape index (κ2) is 6.13. The predicted octanol–water partition coefficient (Wildman–Crippen LogP) is 1.28. The Hall–Kier alpha value is -2.09. The standard InChI is InChI=1S/C13H18N6OS/c1-8-10(6-14-13(15-8)18(3)4)12(20)19(5)7-11-9(2)16-17-21-11/h6H,7H2,1-5H3. The lowest BCUT2D eigenvalue weighted by molar-refractivity contribution is 0.0784. The molecule has 2 aromatic rings. The van der Waals surface area contributed by atoms with Crippen LogP contribution in [-0.4, -0.2) is 51.5 Å². The molecule has 0 aromatic carbocycles. The molecule has 1 amide bonds. The van der Waals surface area contributed by atoms with Crippen LogP contribution in [0.2, 0.25) is 0 Å². The van der Waals surface area contributed by atoms with Gasteiger partial charge in [0.05, 0.1) is 28.4 Å². The highest BCUT2D eigenvalue weighted by Crippen LogP contribution is 2.15. The van der Waals surface area contributed by atoms with Crippen LogP contribution in [0.3, 0.4) is 0 Å². The number of carbonyl (C=O) groups is 1. The second-order valence-corrected chi connectivity index (χ2v) is 5.84. The molecule has 2 rings (SSSR count). The first kappa shape index (κ1) is 15.3. The van der Waals surface area contributed by atoms with Crippen molar-refractivity contribution in [2.24, 2.45) is 0 Å². The van der Waals surface area contributed by atoms with Gasteiger partial charge in [0.1, 0.15) is 0 Å². The maximum Gasteiger partial charge on any atom is 0.257 e. The minimum atomic E-state index is -0.106. The second-order valence-electron chi connectivity index (χ2n) is 5.01. The highest BCUT2D eigenvalue weighted by Gasteiger charge is 2.18. The van der Waals surface area contributed by atoms with E-state index in [-0.39, 0.29) is 5.91 Å². The third-order valence-electron chi connectivity index (χ3n) is 3.07. The Labute approximate surface area is 127 Å². The molecule has 0 bridgehead atoms. The van der Waals surface area contributed by atoms with Gasteiger partial charge in [-0.2, -0.15) is 0 Å². The van der Waals surface area contributed by atoms with Gasteiger partial charge in [-0.15, -0.1) is 5.10 Å². The Morgan fingerprint density at radius 3 is 2.48 bits per heavy atom. The zero-order valence-electron chi connectivity index (χ0n) is 12.8. The van der Waals surface area contributed by atoms with Gasteiger partial charge < -0.3 is 9.80 Å². The van der Waals surface area contributed by atoms with Gasteiger partial charge in [-0.05, 0) is 25.4 Å². The summed E-state index contributed by atoms with van der Waals surface area (Å²) in [7, 11) is 5.48. The number of carbonyl (C=O) groups excluding carboxylic acids is 1. The first-order chi connectivity index (χ1) is 9.90. The Morgan fingerprint density at radius 2 is 1.95 bits per heavy atom. The number of hydrogen-bond acceptors (Lipinski definition) is 7. The number of aromatic nitrogens is 4. The SMILES string of the molecule is Cc1nc(N(C)C)ncc1C(=O)N(C)Cc1snnc1C. The number of amides is 1. The van der Waals surface area contributed by atoms with E-state index in [2.05, 4.69) is 19.6 Å². The molecular weight excluding hydrogens is 288 g/mol. The molecule has 2 aromatic heterocycles. The van der Waals surface area contributed by atoms with Gasteiger partial charge in [0.15, 0.2) is 0 Å². The van der Waals surface area contributed by atoms with Gasteiger partial charge in [0.2, 0.25) is 5.95 Å². The lowest BCUT2D eigenvalue weighted by Crippen LogP contribution is -2.27. The molecule has 0 radical (unpaired) electrons. The third-order valence-corrected chi connectivity index (χ3v) is 3.88. The lowest BCUT2D eigenvalue weighted by Gasteiger charge is -2.18. The van der Waals surface area contributed by atoms with E-state index in [4.69, 9.17) is 0 Å². The van der Waals surface area contributed by atoms with E-state index in [0.717, 1.165) is 10.6 Å². The molecule has 0 aliphatic carbocycles. The summed E-state index contributed by atoms with van der Waals surface area (Å²) in [4.78, 5) is 25.4. The van der Waals surface area contributed by atoms with Gasteiger partial charge in [-0.1, -0.05) is 4.49 Å². The molecule has 0 spiro atoms. The normalized spacial score (nSPS) is 10.5. The van der Waals surface area contributed by atoms with Crippen molar-refractivity contribution in [2.75, 3.05) is 26.0 Å². The van der Waals surface area contributed by atoms with Gasteiger partial charge >= 0.3 is 0 Å². The molecule has 21 heavy (non-hydrogen) atoms. The maximum atomic E-state index is 12.5. The number of hydrogen-bond donors (Lipinski definition) is 0. The summed E-state index contributed by atoms with van der Waals surface area (Å²) in [5.41, 5.74) is 2.04. The molecule has 0 aliphatic rings. The number of anilines is 1. The van der Waals surface area contributed by atoms with Crippen LogP contribution in [0.1, 0.15) is 26.6 Å². The van der Waals surface area contributed by atoms with Crippen molar-refractivity contribution in [3.8, 4) is 0 Å². The number of aryl methyl sites for hydroxylation is 2. The highest BCUT2D eigenvalue weighted by molar-refractivity contribution is 7.05. The Balaban J connectivity index is 2.18. The van der Waals surface area contributed by atoms with Gasteiger partial charge in [0.25, 0.3) is 5.91 Å². The van der Waals surface area contributed by atoms with Crippen molar-refractivity contribution in [1.29, 1.82) is 0 Å². The quantitative estimate of drug-likeness (QED) is 0.847. The number of rotatable bonds is 4. The lowest BCUT2D eigenvalue weighted by atomic mass is 10.2. The first-order valence-corrected chi connectivity index (χ1v) is 7.21. The Bertz CT molecular complexity index is 654. The summed E-state index contributed by atoms with van der Waals surface area (Å²) >= 11 is 1.31. The average molecular weight is 306 g/mol. The average Bonchev–Trinajstić information content (AvgIpc) is 2.83. The van der Waals surface area contributed by atoms with E-state index in [1.807, 2.05) is 27.9 Å². The van der Waals surface area contributed by atoms with Crippen LogP contribution in [0.25, 0.3) is 0 Å². The van der Waals surface area contributed by atoms with Crippen molar-refractivity contribution < 1.29 is 4.79 Å². The molecule has 0 saturated carbocycles. The molecule has 0 unspecified atom stereocenters. The molecular formula is C13H18N6OS. The van der Waals surface area contributed by atoms with Crippen LogP contribution in [0.4, 0.5) is 5.95 Å². The van der Waals surface area contributed by atoms with Crippen LogP contribution in [-0.2, 0) is 6.54 Å². The minimum Gasteiger partial charge on any atom is -0.347 e. The van der Waals surface area contributed by atoms with Gasteiger partial charge in [0, 0.05) is 27.3 Å². The van der Waals surface area contributed by atoms with Gasteiger partial charge in [-0.25, -0.2) is 9.97 Å². The van der Waals surface area contributed by atoms with Crippen LogP contribution >= 0.6 is 11.5 Å². The molecule has 0 N–H and O–H groups in total. The topological polar surface area (TPSA) is 75.1 Å². The van der Waals surface area contributed by atoms with E-state index in [9.17, 15) is 4.79 Å². The van der Waals surface area contributed by atoms with Crippen LogP contribution < -0.4 is 4.90 Å². The fraction of sp³-hybridized carbons (Fsp3) is 0.462. The summed E-state index contributed by atoms with van der Waals surface area (Å²) in [6.45, 7) is 4.18. The van der Waals surface area contributed by atoms with Crippen molar-refractivity contribution in [3.05, 3.63) is 28.0 Å².